The topological polar surface area (TPSA) is 52.8 Å². The molecule has 0 aromatic carbocycles. The Hall–Kier alpha value is -2.38. The summed E-state index contributed by atoms with van der Waals surface area (Å²) >= 11 is 6.07. The van der Waals surface area contributed by atoms with Gasteiger partial charge in [0.15, 0.2) is 0 Å². The van der Waals surface area contributed by atoms with Gasteiger partial charge < -0.3 is 14.2 Å². The van der Waals surface area contributed by atoms with Gasteiger partial charge in [0.1, 0.15) is 23.6 Å². The zero-order chi connectivity index (χ0) is 18.9. The zero-order valence-electron chi connectivity index (χ0n) is 15.8. The number of nitrogens with zero attached hydrogens (tertiary/aromatic N) is 7. The van der Waals surface area contributed by atoms with Crippen molar-refractivity contribution in [1.29, 1.82) is 0 Å². The van der Waals surface area contributed by atoms with Crippen molar-refractivity contribution >= 4 is 28.9 Å². The second kappa shape index (κ2) is 7.56. The highest BCUT2D eigenvalue weighted by Gasteiger charge is 2.21. The van der Waals surface area contributed by atoms with Crippen molar-refractivity contribution in [2.24, 2.45) is 0 Å². The summed E-state index contributed by atoms with van der Waals surface area (Å²) in [6, 6.07) is 5.98. The highest BCUT2D eigenvalue weighted by molar-refractivity contribution is 6.30. The predicted octanol–water partition coefficient (Wildman–Crippen LogP) is 2.70. The minimum atomic E-state index is 0.725. The molecule has 0 spiro atoms. The van der Waals surface area contributed by atoms with E-state index in [9.17, 15) is 0 Å². The van der Waals surface area contributed by atoms with Crippen molar-refractivity contribution in [2.45, 2.75) is 19.4 Å². The van der Waals surface area contributed by atoms with Crippen LogP contribution in [0.4, 0.5) is 11.6 Å². The number of imidazole rings is 1. The van der Waals surface area contributed by atoms with Crippen molar-refractivity contribution in [1.82, 2.24) is 24.3 Å². The molecule has 7 nitrogen and oxygen atoms in total. The van der Waals surface area contributed by atoms with Crippen molar-refractivity contribution in [3.63, 3.8) is 0 Å². The summed E-state index contributed by atoms with van der Waals surface area (Å²) in [6.45, 7) is 7.00. The fourth-order valence-corrected chi connectivity index (χ4v) is 4.25. The minimum Gasteiger partial charge on any atom is -0.356 e. The van der Waals surface area contributed by atoms with E-state index in [1.165, 1.54) is 12.8 Å². The smallest absolute Gasteiger partial charge is 0.137 e. The number of piperazine rings is 1. The van der Waals surface area contributed by atoms with Crippen molar-refractivity contribution in [3.8, 4) is 0 Å². The first-order valence-corrected chi connectivity index (χ1v) is 10.3. The Balaban J connectivity index is 1.22. The summed E-state index contributed by atoms with van der Waals surface area (Å²) in [5.41, 5.74) is 2.02. The minimum absolute atomic E-state index is 0.725. The molecule has 2 saturated heterocycles. The van der Waals surface area contributed by atoms with Crippen LogP contribution in [-0.2, 0) is 6.54 Å². The normalized spacial score (nSPS) is 18.3. The average Bonchev–Trinajstić information content (AvgIpc) is 3.38. The lowest BCUT2D eigenvalue weighted by Crippen LogP contribution is -2.46. The summed E-state index contributed by atoms with van der Waals surface area (Å²) in [5, 5.41) is 0.725. The lowest BCUT2D eigenvalue weighted by molar-refractivity contribution is 0.247. The molecule has 146 valence electrons. The third-order valence-electron chi connectivity index (χ3n) is 5.62. The number of anilines is 2. The molecule has 28 heavy (non-hydrogen) atoms. The van der Waals surface area contributed by atoms with Crippen LogP contribution in [0.2, 0.25) is 5.02 Å². The van der Waals surface area contributed by atoms with Crippen molar-refractivity contribution < 1.29 is 0 Å². The second-order valence-electron chi connectivity index (χ2n) is 7.54. The standard InChI is InChI=1S/C20H24ClN7/c21-16-3-4-18-24-17(14-28(18)12-16)13-25-7-9-27(10-8-25)20-11-19(22-15-23-20)26-5-1-2-6-26/h3-4,11-12,14-15H,1-2,5-10,13H2. The predicted molar refractivity (Wildman–Crippen MR) is 111 cm³/mol. The average molecular weight is 398 g/mol. The monoisotopic (exact) mass is 397 g/mol. The van der Waals surface area contributed by atoms with Gasteiger partial charge in [0.25, 0.3) is 0 Å². The Bertz CT molecular complexity index is 958. The second-order valence-corrected chi connectivity index (χ2v) is 7.97. The summed E-state index contributed by atoms with van der Waals surface area (Å²) < 4.78 is 1.99. The maximum absolute atomic E-state index is 6.07. The highest BCUT2D eigenvalue weighted by atomic mass is 35.5. The van der Waals surface area contributed by atoms with Crippen LogP contribution in [0.5, 0.6) is 0 Å². The molecule has 2 fully saturated rings. The van der Waals surface area contributed by atoms with Crippen LogP contribution in [0.3, 0.4) is 0 Å². The largest absolute Gasteiger partial charge is 0.356 e. The van der Waals surface area contributed by atoms with Crippen LogP contribution in [0.1, 0.15) is 18.5 Å². The van der Waals surface area contributed by atoms with Gasteiger partial charge in [-0.15, -0.1) is 0 Å². The van der Waals surface area contributed by atoms with E-state index in [1.54, 1.807) is 6.33 Å². The Morgan fingerprint density at radius 3 is 2.32 bits per heavy atom. The fraction of sp³-hybridized carbons (Fsp3) is 0.450. The van der Waals surface area contributed by atoms with Crippen LogP contribution in [0, 0.1) is 0 Å². The third-order valence-corrected chi connectivity index (χ3v) is 5.84. The summed E-state index contributed by atoms with van der Waals surface area (Å²) in [6.07, 6.45) is 8.19. The third kappa shape index (κ3) is 3.64. The Labute approximate surface area is 169 Å². The number of hydrogen-bond donors (Lipinski definition) is 0. The number of hydrogen-bond acceptors (Lipinski definition) is 6. The van der Waals surface area contributed by atoms with E-state index in [-0.39, 0.29) is 0 Å². The first-order chi connectivity index (χ1) is 13.7. The highest BCUT2D eigenvalue weighted by Crippen LogP contribution is 2.22. The van der Waals surface area contributed by atoms with Crippen LogP contribution >= 0.6 is 11.6 Å². The molecule has 0 amide bonds. The van der Waals surface area contributed by atoms with E-state index in [2.05, 4.69) is 36.9 Å². The van der Waals surface area contributed by atoms with Gasteiger partial charge in [-0.25, -0.2) is 15.0 Å². The lowest BCUT2D eigenvalue weighted by Gasteiger charge is -2.35. The van der Waals surface area contributed by atoms with E-state index in [0.717, 1.165) is 73.8 Å². The molecule has 2 aliphatic rings. The van der Waals surface area contributed by atoms with E-state index in [0.29, 0.717) is 0 Å². The molecule has 3 aromatic heterocycles. The molecule has 8 heteroatoms. The van der Waals surface area contributed by atoms with E-state index in [4.69, 9.17) is 16.6 Å². The molecule has 0 N–H and O–H groups in total. The van der Waals surface area contributed by atoms with Crippen LogP contribution in [0.15, 0.2) is 36.9 Å². The summed E-state index contributed by atoms with van der Waals surface area (Å²) in [5.74, 6) is 2.10. The van der Waals surface area contributed by atoms with Gasteiger partial charge >= 0.3 is 0 Å². The molecule has 0 atom stereocenters. The maximum Gasteiger partial charge on any atom is 0.137 e. The van der Waals surface area contributed by atoms with Crippen molar-refractivity contribution in [3.05, 3.63) is 47.6 Å². The Kier molecular flexibility index (Phi) is 4.78. The van der Waals surface area contributed by atoms with Gasteiger partial charge in [-0.05, 0) is 25.0 Å². The summed E-state index contributed by atoms with van der Waals surface area (Å²) in [4.78, 5) is 20.9. The van der Waals surface area contributed by atoms with Gasteiger partial charge in [-0.3, -0.25) is 4.90 Å². The molecule has 0 aliphatic carbocycles. The first kappa shape index (κ1) is 17.7. The Morgan fingerprint density at radius 2 is 1.57 bits per heavy atom. The molecule has 3 aromatic rings. The molecule has 5 heterocycles. The van der Waals surface area contributed by atoms with E-state index >= 15 is 0 Å². The quantitative estimate of drug-likeness (QED) is 0.674. The van der Waals surface area contributed by atoms with Gasteiger partial charge in [-0.2, -0.15) is 0 Å². The van der Waals surface area contributed by atoms with Gasteiger partial charge in [-0.1, -0.05) is 11.6 Å². The Morgan fingerprint density at radius 1 is 0.857 bits per heavy atom. The van der Waals surface area contributed by atoms with E-state index < -0.39 is 0 Å². The number of aromatic nitrogens is 4. The molecular weight excluding hydrogens is 374 g/mol. The van der Waals surface area contributed by atoms with Gasteiger partial charge in [0.05, 0.1) is 10.7 Å². The van der Waals surface area contributed by atoms with Crippen LogP contribution in [0.25, 0.3) is 5.65 Å². The lowest BCUT2D eigenvalue weighted by atomic mass is 10.3. The molecule has 0 bridgehead atoms. The number of rotatable bonds is 4. The molecular formula is C20H24ClN7. The molecule has 5 rings (SSSR count). The first-order valence-electron chi connectivity index (χ1n) is 9.92. The number of pyridine rings is 1. The van der Waals surface area contributed by atoms with Gasteiger partial charge in [0, 0.05) is 64.3 Å². The van der Waals surface area contributed by atoms with Gasteiger partial charge in [0.2, 0.25) is 0 Å². The maximum atomic E-state index is 6.07. The molecule has 0 radical (unpaired) electrons. The molecule has 0 unspecified atom stereocenters. The molecule has 2 aliphatic heterocycles. The van der Waals surface area contributed by atoms with Crippen LogP contribution < -0.4 is 9.80 Å². The number of fused-ring (bicyclic) bond motifs is 1. The number of halogens is 1. The SMILES string of the molecule is Clc1ccc2nc(CN3CCN(c4cc(N5CCCC5)ncn4)CC3)cn2c1. The zero-order valence-corrected chi connectivity index (χ0v) is 16.6. The summed E-state index contributed by atoms with van der Waals surface area (Å²) in [7, 11) is 0. The molecule has 0 saturated carbocycles. The van der Waals surface area contributed by atoms with E-state index in [1.807, 2.05) is 22.7 Å². The fourth-order valence-electron chi connectivity index (χ4n) is 4.09. The van der Waals surface area contributed by atoms with Crippen LogP contribution in [-0.4, -0.2) is 63.5 Å². The van der Waals surface area contributed by atoms with Crippen molar-refractivity contribution in [2.75, 3.05) is 49.1 Å².